The van der Waals surface area contributed by atoms with Crippen LogP contribution < -0.4 is 15.4 Å². The van der Waals surface area contributed by atoms with Gasteiger partial charge in [-0.2, -0.15) is 0 Å². The van der Waals surface area contributed by atoms with E-state index in [9.17, 15) is 4.79 Å². The first-order valence-electron chi connectivity index (χ1n) is 9.60. The minimum Gasteiger partial charge on any atom is -0.493 e. The van der Waals surface area contributed by atoms with Crippen molar-refractivity contribution in [1.29, 1.82) is 0 Å². The van der Waals surface area contributed by atoms with Crippen LogP contribution in [0, 0.1) is 0 Å². The fourth-order valence-corrected chi connectivity index (χ4v) is 3.53. The summed E-state index contributed by atoms with van der Waals surface area (Å²) in [7, 11) is 0. The molecule has 1 aliphatic heterocycles. The molecule has 5 heteroatoms. The number of hydrogen-bond acceptors (Lipinski definition) is 3. The molecule has 144 valence electrons. The fraction of sp³-hybridized carbons (Fsp3) is 0.304. The van der Waals surface area contributed by atoms with Crippen LogP contribution in [0.25, 0.3) is 10.9 Å². The van der Waals surface area contributed by atoms with E-state index in [1.54, 1.807) is 6.20 Å². The number of carbonyl (C=O) groups excluding carboxylic acids is 1. The topological polar surface area (TPSA) is 63.2 Å². The molecule has 0 radical (unpaired) electrons. The Bertz CT molecular complexity index is 1020. The molecule has 1 atom stereocenters. The van der Waals surface area contributed by atoms with Crippen LogP contribution >= 0.6 is 0 Å². The summed E-state index contributed by atoms with van der Waals surface area (Å²) in [5, 5.41) is 6.98. The summed E-state index contributed by atoms with van der Waals surface area (Å²) >= 11 is 0. The summed E-state index contributed by atoms with van der Waals surface area (Å²) in [6.07, 6.45) is 2.49. The van der Waals surface area contributed by atoms with E-state index >= 15 is 0 Å². The molecule has 4 rings (SSSR count). The van der Waals surface area contributed by atoms with E-state index in [0.717, 1.165) is 34.3 Å². The number of hydrogen-bond donors (Lipinski definition) is 2. The van der Waals surface area contributed by atoms with Crippen LogP contribution in [0.3, 0.4) is 0 Å². The van der Waals surface area contributed by atoms with E-state index in [4.69, 9.17) is 4.74 Å². The van der Waals surface area contributed by atoms with Gasteiger partial charge in [0.2, 0.25) is 0 Å². The number of benzene rings is 2. The van der Waals surface area contributed by atoms with Gasteiger partial charge in [-0.15, -0.1) is 0 Å². The Hall–Kier alpha value is -3.08. The summed E-state index contributed by atoms with van der Waals surface area (Å²) in [5.41, 5.74) is 3.90. The Morgan fingerprint density at radius 3 is 2.82 bits per heavy atom. The Kier molecular flexibility index (Phi) is 4.67. The van der Waals surface area contributed by atoms with Gasteiger partial charge < -0.3 is 15.4 Å². The Balaban J connectivity index is 1.53. The molecule has 0 saturated carbocycles. The molecular formula is C23H25N3O2. The second-order valence-corrected chi connectivity index (χ2v) is 8.17. The molecule has 1 aromatic heterocycles. The van der Waals surface area contributed by atoms with Gasteiger partial charge in [-0.1, -0.05) is 39.0 Å². The van der Waals surface area contributed by atoms with E-state index < -0.39 is 0 Å². The number of ether oxygens (including phenoxy) is 1. The first-order valence-corrected chi connectivity index (χ1v) is 9.60. The Morgan fingerprint density at radius 2 is 2.00 bits per heavy atom. The van der Waals surface area contributed by atoms with Gasteiger partial charge in [-0.3, -0.25) is 4.98 Å². The minimum atomic E-state index is -0.228. The lowest BCUT2D eigenvalue weighted by atomic mass is 9.85. The van der Waals surface area contributed by atoms with Gasteiger partial charge in [0.25, 0.3) is 0 Å². The highest BCUT2D eigenvalue weighted by Crippen LogP contribution is 2.36. The molecule has 0 spiro atoms. The van der Waals surface area contributed by atoms with E-state index in [1.807, 2.05) is 30.3 Å². The Morgan fingerprint density at radius 1 is 1.14 bits per heavy atom. The van der Waals surface area contributed by atoms with Gasteiger partial charge in [-0.05, 0) is 41.3 Å². The number of fused-ring (bicyclic) bond motifs is 2. The molecule has 1 aliphatic rings. The van der Waals surface area contributed by atoms with E-state index in [0.29, 0.717) is 6.61 Å². The third-order valence-electron chi connectivity index (χ3n) is 5.12. The van der Waals surface area contributed by atoms with Crippen molar-refractivity contribution in [2.75, 3.05) is 11.9 Å². The van der Waals surface area contributed by atoms with Gasteiger partial charge in [0, 0.05) is 23.6 Å². The lowest BCUT2D eigenvalue weighted by Crippen LogP contribution is -2.35. The molecule has 3 aromatic rings. The molecule has 2 aromatic carbocycles. The van der Waals surface area contributed by atoms with Crippen molar-refractivity contribution >= 4 is 22.6 Å². The number of amides is 2. The highest BCUT2D eigenvalue weighted by molar-refractivity contribution is 6.00. The smallest absolute Gasteiger partial charge is 0.319 e. The monoisotopic (exact) mass is 375 g/mol. The molecule has 2 N–H and O–H groups in total. The molecular weight excluding hydrogens is 350 g/mol. The first kappa shape index (κ1) is 18.3. The van der Waals surface area contributed by atoms with Crippen molar-refractivity contribution in [3.05, 3.63) is 65.9 Å². The minimum absolute atomic E-state index is 0.0541. The average Bonchev–Trinajstić information content (AvgIpc) is 2.67. The zero-order chi connectivity index (χ0) is 19.7. The van der Waals surface area contributed by atoms with Crippen LogP contribution in [0.4, 0.5) is 10.5 Å². The molecule has 2 heterocycles. The molecule has 0 fully saturated rings. The maximum Gasteiger partial charge on any atom is 0.319 e. The van der Waals surface area contributed by atoms with Crippen molar-refractivity contribution in [3.63, 3.8) is 0 Å². The largest absolute Gasteiger partial charge is 0.493 e. The fourth-order valence-electron chi connectivity index (χ4n) is 3.53. The SMILES string of the molecule is CC(C)(C)c1ccc2c(c1)OCCC2NC(=O)Nc1cccc2ncccc12. The highest BCUT2D eigenvalue weighted by atomic mass is 16.5. The van der Waals surface area contributed by atoms with Crippen molar-refractivity contribution in [2.45, 2.75) is 38.6 Å². The normalized spacial score (nSPS) is 16.2. The zero-order valence-electron chi connectivity index (χ0n) is 16.5. The molecule has 0 bridgehead atoms. The molecule has 2 amide bonds. The number of carbonyl (C=O) groups is 1. The van der Waals surface area contributed by atoms with Crippen LogP contribution in [0.2, 0.25) is 0 Å². The summed E-state index contributed by atoms with van der Waals surface area (Å²) in [6, 6.07) is 15.5. The van der Waals surface area contributed by atoms with Gasteiger partial charge in [0.15, 0.2) is 0 Å². The molecule has 0 saturated heterocycles. The predicted octanol–water partition coefficient (Wildman–Crippen LogP) is 5.18. The summed E-state index contributed by atoms with van der Waals surface area (Å²) in [4.78, 5) is 17.0. The first-order chi connectivity index (χ1) is 13.4. The van der Waals surface area contributed by atoms with Crippen molar-refractivity contribution < 1.29 is 9.53 Å². The zero-order valence-corrected chi connectivity index (χ0v) is 16.5. The number of nitrogens with one attached hydrogen (secondary N) is 2. The van der Waals surface area contributed by atoms with E-state index in [1.165, 1.54) is 5.56 Å². The van der Waals surface area contributed by atoms with Crippen molar-refractivity contribution in [3.8, 4) is 5.75 Å². The van der Waals surface area contributed by atoms with Crippen LogP contribution in [-0.2, 0) is 5.41 Å². The molecule has 28 heavy (non-hydrogen) atoms. The standard InChI is InChI=1S/C23H25N3O2/c1-23(2,3)15-9-10-17-20(11-13-28-21(17)14-15)26-22(27)25-19-8-4-7-18-16(19)6-5-12-24-18/h4-10,12,14,20H,11,13H2,1-3H3,(H2,25,26,27). The number of nitrogens with zero attached hydrogens (tertiary/aromatic N) is 1. The van der Waals surface area contributed by atoms with Gasteiger partial charge in [0.1, 0.15) is 5.75 Å². The molecule has 5 nitrogen and oxygen atoms in total. The van der Waals surface area contributed by atoms with Crippen molar-refractivity contribution in [2.24, 2.45) is 0 Å². The summed E-state index contributed by atoms with van der Waals surface area (Å²) < 4.78 is 5.87. The lowest BCUT2D eigenvalue weighted by Gasteiger charge is -2.29. The summed E-state index contributed by atoms with van der Waals surface area (Å²) in [5.74, 6) is 0.860. The quantitative estimate of drug-likeness (QED) is 0.649. The van der Waals surface area contributed by atoms with Crippen molar-refractivity contribution in [1.82, 2.24) is 10.3 Å². The summed E-state index contributed by atoms with van der Waals surface area (Å²) in [6.45, 7) is 7.13. The van der Waals surface area contributed by atoms with Gasteiger partial charge in [0.05, 0.1) is 23.9 Å². The second-order valence-electron chi connectivity index (χ2n) is 8.17. The molecule has 0 aliphatic carbocycles. The molecule has 1 unspecified atom stereocenters. The van der Waals surface area contributed by atoms with Crippen LogP contribution in [0.15, 0.2) is 54.7 Å². The van der Waals surface area contributed by atoms with Crippen LogP contribution in [0.5, 0.6) is 5.75 Å². The Labute approximate surface area is 165 Å². The second kappa shape index (κ2) is 7.15. The number of urea groups is 1. The number of pyridine rings is 1. The third-order valence-corrected chi connectivity index (χ3v) is 5.12. The third kappa shape index (κ3) is 3.65. The van der Waals surface area contributed by atoms with Gasteiger partial charge in [-0.25, -0.2) is 4.79 Å². The maximum absolute atomic E-state index is 12.7. The maximum atomic E-state index is 12.7. The van der Waals surface area contributed by atoms with E-state index in [2.05, 4.69) is 54.6 Å². The number of rotatable bonds is 2. The van der Waals surface area contributed by atoms with E-state index in [-0.39, 0.29) is 17.5 Å². The van der Waals surface area contributed by atoms with Crippen LogP contribution in [0.1, 0.15) is 44.4 Å². The number of anilines is 1. The average molecular weight is 375 g/mol. The lowest BCUT2D eigenvalue weighted by molar-refractivity contribution is 0.232. The predicted molar refractivity (Wildman–Crippen MR) is 112 cm³/mol. The van der Waals surface area contributed by atoms with Gasteiger partial charge >= 0.3 is 6.03 Å². The highest BCUT2D eigenvalue weighted by Gasteiger charge is 2.25. The number of aromatic nitrogens is 1. The van der Waals surface area contributed by atoms with Crippen LogP contribution in [-0.4, -0.2) is 17.6 Å².